The molecule has 0 radical (unpaired) electrons. The van der Waals surface area contributed by atoms with Crippen LogP contribution in [-0.4, -0.2) is 11.9 Å². The zero-order valence-corrected chi connectivity index (χ0v) is 7.96. The van der Waals surface area contributed by atoms with Gasteiger partial charge in [0.15, 0.2) is 0 Å². The number of allylic oxidation sites excluding steroid dienone is 2. The summed E-state index contributed by atoms with van der Waals surface area (Å²) in [6, 6.07) is 0. The topological polar surface area (TPSA) is 36.2 Å². The number of nitrogens with one attached hydrogen (secondary N) is 1. The van der Waals surface area contributed by atoms with Crippen molar-refractivity contribution in [2.24, 2.45) is 10.9 Å². The van der Waals surface area contributed by atoms with Crippen molar-refractivity contribution in [3.63, 3.8) is 0 Å². The molecule has 0 heterocycles. The van der Waals surface area contributed by atoms with Crippen LogP contribution in [0.3, 0.4) is 0 Å². The van der Waals surface area contributed by atoms with Gasteiger partial charge in [-0.2, -0.15) is 0 Å². The van der Waals surface area contributed by atoms with E-state index in [0.29, 0.717) is 0 Å². The van der Waals surface area contributed by atoms with E-state index in [0.717, 1.165) is 11.3 Å². The predicted octanol–water partition coefficient (Wildman–Crippen LogP) is 2.82. The van der Waals surface area contributed by atoms with Gasteiger partial charge in [0.2, 0.25) is 0 Å². The average molecular weight is 164 g/mol. The molecule has 0 aromatic rings. The summed E-state index contributed by atoms with van der Waals surface area (Å²) in [4.78, 5) is 4.20. The Balaban J connectivity index is 4.36. The lowest BCUT2D eigenvalue weighted by atomic mass is 10.1. The molecule has 2 nitrogen and oxygen atoms in total. The van der Waals surface area contributed by atoms with Crippen molar-refractivity contribution in [3.8, 4) is 0 Å². The zero-order valence-electron chi connectivity index (χ0n) is 7.96. The molecule has 0 aromatic heterocycles. The molecular weight excluding hydrogens is 148 g/mol. The van der Waals surface area contributed by atoms with Gasteiger partial charge in [-0.1, -0.05) is 19.6 Å². The van der Waals surface area contributed by atoms with Crippen molar-refractivity contribution in [2.45, 2.75) is 20.8 Å². The molecule has 0 amide bonds. The molecule has 1 unspecified atom stereocenters. The molecule has 0 bridgehead atoms. The van der Waals surface area contributed by atoms with Gasteiger partial charge in [-0.25, -0.2) is 0 Å². The Bertz CT molecular complexity index is 224. The smallest absolute Gasteiger partial charge is 0.0296 e. The number of hydrogen-bond acceptors (Lipinski definition) is 2. The molecule has 12 heavy (non-hydrogen) atoms. The zero-order chi connectivity index (χ0) is 9.56. The molecule has 1 atom stereocenters. The fourth-order valence-corrected chi connectivity index (χ4v) is 0.495. The van der Waals surface area contributed by atoms with Crippen molar-refractivity contribution in [1.82, 2.24) is 0 Å². The van der Waals surface area contributed by atoms with Crippen molar-refractivity contribution in [2.75, 3.05) is 0 Å². The van der Waals surface area contributed by atoms with Gasteiger partial charge in [-0.05, 0) is 19.4 Å². The number of hydrogen-bond donors (Lipinski definition) is 1. The van der Waals surface area contributed by atoms with Crippen molar-refractivity contribution in [1.29, 1.82) is 5.41 Å². The van der Waals surface area contributed by atoms with Crippen LogP contribution in [0.5, 0.6) is 0 Å². The van der Waals surface area contributed by atoms with Crippen LogP contribution in [-0.2, 0) is 0 Å². The molecule has 0 saturated carbocycles. The maximum atomic E-state index is 7.02. The first-order chi connectivity index (χ1) is 5.61. The van der Waals surface area contributed by atoms with Crippen LogP contribution in [0.4, 0.5) is 0 Å². The van der Waals surface area contributed by atoms with Gasteiger partial charge in [0.1, 0.15) is 0 Å². The molecule has 1 N–H and O–H groups in total. The van der Waals surface area contributed by atoms with Crippen LogP contribution in [0.25, 0.3) is 0 Å². The van der Waals surface area contributed by atoms with Crippen LogP contribution in [0.2, 0.25) is 0 Å². The van der Waals surface area contributed by atoms with E-state index in [9.17, 15) is 0 Å². The molecule has 0 aliphatic rings. The molecule has 0 aliphatic heterocycles. The summed E-state index contributed by atoms with van der Waals surface area (Å²) >= 11 is 0. The summed E-state index contributed by atoms with van der Waals surface area (Å²) in [5.41, 5.74) is 1.98. The Morgan fingerprint density at radius 3 is 2.50 bits per heavy atom. The van der Waals surface area contributed by atoms with Crippen LogP contribution in [0, 0.1) is 11.3 Å². The second kappa shape index (κ2) is 5.47. The van der Waals surface area contributed by atoms with E-state index in [4.69, 9.17) is 5.41 Å². The first-order valence-electron chi connectivity index (χ1n) is 3.96. The lowest BCUT2D eigenvalue weighted by Gasteiger charge is -2.01. The Hall–Kier alpha value is -1.18. The van der Waals surface area contributed by atoms with Gasteiger partial charge < -0.3 is 5.41 Å². The van der Waals surface area contributed by atoms with Crippen LogP contribution in [0.15, 0.2) is 29.4 Å². The first-order valence-corrected chi connectivity index (χ1v) is 3.96. The minimum absolute atomic E-state index is 0.124. The predicted molar refractivity (Wildman–Crippen MR) is 55.0 cm³/mol. The highest BCUT2D eigenvalue weighted by Gasteiger charge is 1.98. The summed E-state index contributed by atoms with van der Waals surface area (Å²) in [6.07, 6.45) is 4.91. The lowest BCUT2D eigenvalue weighted by molar-refractivity contribution is 1.06. The maximum absolute atomic E-state index is 7.02. The Morgan fingerprint density at radius 1 is 1.50 bits per heavy atom. The number of nitrogens with zero attached hydrogens (tertiary/aromatic N) is 1. The van der Waals surface area contributed by atoms with E-state index in [1.807, 2.05) is 20.8 Å². The average Bonchev–Trinajstić information content (AvgIpc) is 2.11. The normalized spacial score (nSPS) is 15.6. The maximum Gasteiger partial charge on any atom is 0.0296 e. The molecule has 0 spiro atoms. The third-order valence-corrected chi connectivity index (χ3v) is 1.70. The highest BCUT2D eigenvalue weighted by Crippen LogP contribution is 1.98. The standard InChI is InChI=1S/C10H16N2/c1-5-8(2)7-12-10(4)9(3)6-11/h5-7,9,11H,1H2,2-4H3/b8-7-,11-6?,12-10?. The van der Waals surface area contributed by atoms with Gasteiger partial charge in [0.05, 0.1) is 0 Å². The molecule has 0 saturated heterocycles. The van der Waals surface area contributed by atoms with E-state index in [1.54, 1.807) is 12.3 Å². The molecule has 0 aliphatic carbocycles. The minimum Gasteiger partial charge on any atom is -0.312 e. The number of aliphatic imine (C=N–C) groups is 1. The van der Waals surface area contributed by atoms with Gasteiger partial charge >= 0.3 is 0 Å². The highest BCUT2D eigenvalue weighted by atomic mass is 14.7. The third kappa shape index (κ3) is 3.86. The van der Waals surface area contributed by atoms with Crippen molar-refractivity contribution >= 4 is 11.9 Å². The van der Waals surface area contributed by atoms with E-state index >= 15 is 0 Å². The Kier molecular flexibility index (Phi) is 4.93. The summed E-state index contributed by atoms with van der Waals surface area (Å²) in [6.45, 7) is 9.43. The van der Waals surface area contributed by atoms with E-state index in [2.05, 4.69) is 11.6 Å². The summed E-state index contributed by atoms with van der Waals surface area (Å²) < 4.78 is 0. The molecule has 66 valence electrons. The van der Waals surface area contributed by atoms with Crippen LogP contribution in [0.1, 0.15) is 20.8 Å². The van der Waals surface area contributed by atoms with Gasteiger partial charge in [0, 0.05) is 24.0 Å². The van der Waals surface area contributed by atoms with Gasteiger partial charge in [-0.3, -0.25) is 4.99 Å². The van der Waals surface area contributed by atoms with Crippen molar-refractivity contribution < 1.29 is 0 Å². The van der Waals surface area contributed by atoms with Crippen LogP contribution >= 0.6 is 0 Å². The monoisotopic (exact) mass is 164 g/mol. The quantitative estimate of drug-likeness (QED) is 0.490. The lowest BCUT2D eigenvalue weighted by Crippen LogP contribution is -2.06. The molecule has 0 aromatic carbocycles. The minimum atomic E-state index is 0.124. The van der Waals surface area contributed by atoms with Crippen molar-refractivity contribution in [3.05, 3.63) is 24.4 Å². The Labute approximate surface area is 74.2 Å². The largest absolute Gasteiger partial charge is 0.312 e. The van der Waals surface area contributed by atoms with Gasteiger partial charge in [-0.15, -0.1) is 0 Å². The van der Waals surface area contributed by atoms with E-state index in [-0.39, 0.29) is 5.92 Å². The molecular formula is C10H16N2. The van der Waals surface area contributed by atoms with Gasteiger partial charge in [0.25, 0.3) is 0 Å². The Morgan fingerprint density at radius 2 is 2.08 bits per heavy atom. The summed E-state index contributed by atoms with van der Waals surface area (Å²) in [7, 11) is 0. The molecule has 0 fully saturated rings. The number of rotatable bonds is 4. The molecule has 0 rings (SSSR count). The van der Waals surface area contributed by atoms with Crippen LogP contribution < -0.4 is 0 Å². The second-order valence-electron chi connectivity index (χ2n) is 2.80. The second-order valence-corrected chi connectivity index (χ2v) is 2.80. The van der Waals surface area contributed by atoms with E-state index in [1.165, 1.54) is 6.21 Å². The third-order valence-electron chi connectivity index (χ3n) is 1.70. The highest BCUT2D eigenvalue weighted by molar-refractivity contribution is 5.96. The summed E-state index contributed by atoms with van der Waals surface area (Å²) in [5.74, 6) is 0.124. The summed E-state index contributed by atoms with van der Waals surface area (Å²) in [5, 5.41) is 7.02. The first kappa shape index (κ1) is 10.8. The molecule has 2 heteroatoms. The fraction of sp³-hybridized carbons (Fsp3) is 0.400. The van der Waals surface area contributed by atoms with E-state index < -0.39 is 0 Å². The SMILES string of the molecule is C=C/C(C)=C\N=C(C)C(C)C=N. The fourth-order valence-electron chi connectivity index (χ4n) is 0.495.